The van der Waals surface area contributed by atoms with E-state index < -0.39 is 0 Å². The fourth-order valence-electron chi connectivity index (χ4n) is 6.79. The molecule has 3 aliphatic carbocycles. The minimum Gasteiger partial charge on any atom is -0.389 e. The number of allylic oxidation sites excluding steroid dienone is 2. The van der Waals surface area contributed by atoms with Gasteiger partial charge in [-0.3, -0.25) is 9.59 Å². The highest BCUT2D eigenvalue weighted by Gasteiger charge is 2.58. The number of Topliss-reactive ketones (excluding diaryl/α,β-unsaturated/α-hetero) is 2. The summed E-state index contributed by atoms with van der Waals surface area (Å²) in [6, 6.07) is 0. The van der Waals surface area contributed by atoms with Crippen molar-refractivity contribution in [2.45, 2.75) is 65.2 Å². The van der Waals surface area contributed by atoms with E-state index in [9.17, 15) is 14.7 Å². The van der Waals surface area contributed by atoms with Crippen LogP contribution in [-0.2, 0) is 9.59 Å². The maximum absolute atomic E-state index is 12.3. The number of rotatable bonds is 4. The van der Waals surface area contributed by atoms with Crippen molar-refractivity contribution in [1.29, 1.82) is 0 Å². The van der Waals surface area contributed by atoms with E-state index in [1.54, 1.807) is 0 Å². The van der Waals surface area contributed by atoms with E-state index in [2.05, 4.69) is 13.8 Å². The molecular formula is C21H30O3S. The molecule has 2 saturated carbocycles. The average molecular weight is 363 g/mol. The molecule has 0 radical (unpaired) electrons. The number of hydrogen-bond acceptors (Lipinski definition) is 4. The van der Waals surface area contributed by atoms with Gasteiger partial charge in [-0.15, -0.1) is 11.8 Å². The molecule has 138 valence electrons. The van der Waals surface area contributed by atoms with Gasteiger partial charge in [0, 0.05) is 29.9 Å². The molecule has 4 aliphatic rings. The lowest BCUT2D eigenvalue weighted by molar-refractivity contribution is -0.133. The lowest BCUT2D eigenvalue weighted by Gasteiger charge is -2.55. The first-order valence-corrected chi connectivity index (χ1v) is 10.9. The summed E-state index contributed by atoms with van der Waals surface area (Å²) in [7, 11) is 0. The summed E-state index contributed by atoms with van der Waals surface area (Å²) in [4.78, 5) is 25.9. The summed E-state index contributed by atoms with van der Waals surface area (Å²) in [5, 5.41) is 9.39. The van der Waals surface area contributed by atoms with Gasteiger partial charge in [-0.2, -0.15) is 0 Å². The molecule has 3 nitrogen and oxygen atoms in total. The molecule has 4 rings (SSSR count). The Hall–Kier alpha value is -0.610. The summed E-state index contributed by atoms with van der Waals surface area (Å²) in [5.41, 5.74) is 1.83. The average Bonchev–Trinajstić information content (AvgIpc) is 2.86. The number of fused-ring (bicyclic) bond motifs is 1. The normalized spacial score (nSPS) is 41.3. The Bertz CT molecular complexity index is 639. The summed E-state index contributed by atoms with van der Waals surface area (Å²) >= 11 is 2.02. The van der Waals surface area contributed by atoms with Gasteiger partial charge in [-0.05, 0) is 66.3 Å². The van der Waals surface area contributed by atoms with Gasteiger partial charge in [0.05, 0.1) is 0 Å². The fraction of sp³-hybridized carbons (Fsp3) is 0.810. The van der Waals surface area contributed by atoms with Crippen molar-refractivity contribution >= 4 is 23.3 Å². The molecule has 1 aliphatic heterocycles. The molecule has 0 aromatic heterocycles. The third kappa shape index (κ3) is 2.58. The van der Waals surface area contributed by atoms with Gasteiger partial charge >= 0.3 is 0 Å². The monoisotopic (exact) mass is 362 g/mol. The number of carbonyl (C=O) groups is 2. The first-order chi connectivity index (χ1) is 11.9. The molecule has 0 aromatic rings. The Kier molecular flexibility index (Phi) is 4.43. The molecule has 0 amide bonds. The van der Waals surface area contributed by atoms with E-state index in [-0.39, 0.29) is 23.7 Å². The Labute approximate surface area is 155 Å². The highest BCUT2D eigenvalue weighted by Crippen LogP contribution is 2.67. The molecule has 0 spiro atoms. The quantitative estimate of drug-likeness (QED) is 0.816. The van der Waals surface area contributed by atoms with Crippen molar-refractivity contribution in [2.75, 3.05) is 12.4 Å². The number of hydrogen-bond donors (Lipinski definition) is 1. The van der Waals surface area contributed by atoms with E-state index in [0.717, 1.165) is 38.5 Å². The van der Waals surface area contributed by atoms with Gasteiger partial charge in [0.25, 0.3) is 0 Å². The molecule has 2 bridgehead atoms. The first-order valence-electron chi connectivity index (χ1n) is 9.94. The SMILES string of the molecule is CCC(C(=O)CO)[C@@]1(C)CCC2C(CC3=C4CC(=O)CC[C@@]42CS3)C1. The third-order valence-corrected chi connectivity index (χ3v) is 9.36. The molecule has 1 N–H and O–H groups in total. The molecule has 4 heteroatoms. The Morgan fingerprint density at radius 1 is 1.40 bits per heavy atom. The summed E-state index contributed by atoms with van der Waals surface area (Å²) in [6.07, 6.45) is 7.86. The summed E-state index contributed by atoms with van der Waals surface area (Å²) in [6.45, 7) is 4.05. The van der Waals surface area contributed by atoms with Crippen molar-refractivity contribution in [3.63, 3.8) is 0 Å². The van der Waals surface area contributed by atoms with Gasteiger partial charge in [0.1, 0.15) is 12.4 Å². The minimum atomic E-state index is -0.320. The van der Waals surface area contributed by atoms with Crippen molar-refractivity contribution in [3.05, 3.63) is 10.5 Å². The van der Waals surface area contributed by atoms with Crippen LogP contribution in [0.1, 0.15) is 65.2 Å². The largest absolute Gasteiger partial charge is 0.389 e. The molecule has 25 heavy (non-hydrogen) atoms. The Balaban J connectivity index is 1.62. The van der Waals surface area contributed by atoms with E-state index in [0.29, 0.717) is 29.5 Å². The molecular weight excluding hydrogens is 332 g/mol. The van der Waals surface area contributed by atoms with Crippen molar-refractivity contribution in [2.24, 2.45) is 28.6 Å². The van der Waals surface area contributed by atoms with E-state index >= 15 is 0 Å². The van der Waals surface area contributed by atoms with Crippen LogP contribution in [0.2, 0.25) is 0 Å². The maximum atomic E-state index is 12.3. The van der Waals surface area contributed by atoms with Crippen LogP contribution in [0, 0.1) is 28.6 Å². The van der Waals surface area contributed by atoms with Crippen LogP contribution < -0.4 is 0 Å². The highest BCUT2D eigenvalue weighted by molar-refractivity contribution is 8.03. The summed E-state index contributed by atoms with van der Waals surface area (Å²) < 4.78 is 0. The lowest BCUT2D eigenvalue weighted by Crippen LogP contribution is -2.49. The van der Waals surface area contributed by atoms with E-state index in [1.165, 1.54) is 22.7 Å². The Morgan fingerprint density at radius 3 is 2.92 bits per heavy atom. The molecule has 3 unspecified atom stereocenters. The molecule has 5 atom stereocenters. The van der Waals surface area contributed by atoms with Crippen LogP contribution in [0.3, 0.4) is 0 Å². The van der Waals surface area contributed by atoms with Gasteiger partial charge in [-0.25, -0.2) is 0 Å². The van der Waals surface area contributed by atoms with Crippen LogP contribution in [0.25, 0.3) is 0 Å². The number of carbonyl (C=O) groups excluding carboxylic acids is 2. The molecule has 2 fully saturated rings. The maximum Gasteiger partial charge on any atom is 0.161 e. The lowest BCUT2D eigenvalue weighted by atomic mass is 9.49. The third-order valence-electron chi connectivity index (χ3n) is 7.94. The standard InChI is InChI=1S/C21H30O3S/c1-3-15(18(24)11-22)20(2)6-5-16-13(10-20)8-19-17-9-14(23)4-7-21(16,17)12-25-19/h13,15-16,22H,3-12H2,1-2H3/t13?,15?,16?,20-,21-/m0/s1. The topological polar surface area (TPSA) is 54.4 Å². The molecule has 0 saturated heterocycles. The molecule has 1 heterocycles. The summed E-state index contributed by atoms with van der Waals surface area (Å²) in [5.74, 6) is 2.99. The second kappa shape index (κ2) is 6.23. The minimum absolute atomic E-state index is 0.00966. The number of thioether (sulfide) groups is 1. The van der Waals surface area contributed by atoms with E-state index in [4.69, 9.17) is 0 Å². The smallest absolute Gasteiger partial charge is 0.161 e. The number of aliphatic hydroxyl groups is 1. The highest BCUT2D eigenvalue weighted by atomic mass is 32.2. The van der Waals surface area contributed by atoms with Gasteiger partial charge in [0.15, 0.2) is 5.78 Å². The second-order valence-electron chi connectivity index (χ2n) is 9.11. The van der Waals surface area contributed by atoms with Gasteiger partial charge in [0.2, 0.25) is 0 Å². The van der Waals surface area contributed by atoms with Crippen molar-refractivity contribution < 1.29 is 14.7 Å². The fourth-order valence-corrected chi connectivity index (χ4v) is 8.54. The number of aliphatic hydroxyl groups excluding tert-OH is 1. The van der Waals surface area contributed by atoms with Gasteiger partial charge < -0.3 is 5.11 Å². The zero-order valence-electron chi connectivity index (χ0n) is 15.5. The van der Waals surface area contributed by atoms with Crippen LogP contribution >= 0.6 is 11.8 Å². The van der Waals surface area contributed by atoms with Crippen molar-refractivity contribution in [3.8, 4) is 0 Å². The van der Waals surface area contributed by atoms with Crippen LogP contribution in [0.15, 0.2) is 10.5 Å². The zero-order chi connectivity index (χ0) is 17.8. The first kappa shape index (κ1) is 17.8. The predicted molar refractivity (Wildman–Crippen MR) is 100 cm³/mol. The Morgan fingerprint density at radius 2 is 2.20 bits per heavy atom. The molecule has 0 aromatic carbocycles. The zero-order valence-corrected chi connectivity index (χ0v) is 16.3. The van der Waals surface area contributed by atoms with E-state index in [1.807, 2.05) is 11.8 Å². The van der Waals surface area contributed by atoms with Crippen LogP contribution in [0.5, 0.6) is 0 Å². The van der Waals surface area contributed by atoms with Gasteiger partial charge in [-0.1, -0.05) is 13.8 Å². The van der Waals surface area contributed by atoms with Crippen LogP contribution in [0.4, 0.5) is 0 Å². The predicted octanol–water partition coefficient (Wildman–Crippen LogP) is 4.14. The van der Waals surface area contributed by atoms with Crippen LogP contribution in [-0.4, -0.2) is 29.0 Å². The van der Waals surface area contributed by atoms with Crippen molar-refractivity contribution in [1.82, 2.24) is 0 Å². The number of ketones is 2. The second-order valence-corrected chi connectivity index (χ2v) is 10.2.